The van der Waals surface area contributed by atoms with Crippen molar-refractivity contribution in [2.24, 2.45) is 0 Å². The number of amides is 1. The van der Waals surface area contributed by atoms with Gasteiger partial charge >= 0.3 is 6.09 Å². The summed E-state index contributed by atoms with van der Waals surface area (Å²) in [6.07, 6.45) is 0.497. The van der Waals surface area contributed by atoms with Crippen molar-refractivity contribution in [2.75, 3.05) is 13.2 Å². The van der Waals surface area contributed by atoms with E-state index in [1.165, 1.54) is 5.56 Å². The van der Waals surface area contributed by atoms with Gasteiger partial charge in [0.05, 0.1) is 6.61 Å². The van der Waals surface area contributed by atoms with Crippen molar-refractivity contribution in [3.05, 3.63) is 70.4 Å². The maximum Gasteiger partial charge on any atom is 0.410 e. The number of aromatic nitrogens is 1. The van der Waals surface area contributed by atoms with Crippen LogP contribution in [0.3, 0.4) is 0 Å². The normalized spacial score (nSPS) is 16.7. The summed E-state index contributed by atoms with van der Waals surface area (Å²) < 4.78 is 5.29. The zero-order chi connectivity index (χ0) is 17.4. The zero-order valence-electron chi connectivity index (χ0n) is 14.0. The molecule has 1 unspecified atom stereocenters. The molecule has 0 saturated carbocycles. The molecule has 3 aromatic rings. The third-order valence-corrected chi connectivity index (χ3v) is 4.94. The number of ether oxygens (including phenoxy) is 1. The Kier molecular flexibility index (Phi) is 4.14. The quantitative estimate of drug-likeness (QED) is 0.709. The minimum Gasteiger partial charge on any atom is -0.450 e. The number of hydrogen-bond acceptors (Lipinski definition) is 2. The Labute approximate surface area is 151 Å². The van der Waals surface area contributed by atoms with E-state index >= 15 is 0 Å². The summed E-state index contributed by atoms with van der Waals surface area (Å²) in [6, 6.07) is 15.7. The topological polar surface area (TPSA) is 45.3 Å². The lowest BCUT2D eigenvalue weighted by Crippen LogP contribution is -2.40. The van der Waals surface area contributed by atoms with E-state index in [2.05, 4.69) is 4.98 Å². The van der Waals surface area contributed by atoms with Crippen LogP contribution >= 0.6 is 11.6 Å². The summed E-state index contributed by atoms with van der Waals surface area (Å²) >= 11 is 6.19. The van der Waals surface area contributed by atoms with Gasteiger partial charge in [-0.3, -0.25) is 4.90 Å². The molecule has 0 fully saturated rings. The second-order valence-corrected chi connectivity index (χ2v) is 6.60. The van der Waals surface area contributed by atoms with Gasteiger partial charge in [-0.15, -0.1) is 0 Å². The Morgan fingerprint density at radius 1 is 1.28 bits per heavy atom. The summed E-state index contributed by atoms with van der Waals surface area (Å²) in [6.45, 7) is 2.81. The van der Waals surface area contributed by atoms with Crippen molar-refractivity contribution in [3.63, 3.8) is 0 Å². The second-order valence-electron chi connectivity index (χ2n) is 6.16. The molecular formula is C20H19ClN2O2. The number of nitrogens with zero attached hydrogens (tertiary/aromatic N) is 1. The van der Waals surface area contributed by atoms with Crippen LogP contribution in [0, 0.1) is 0 Å². The number of carbonyl (C=O) groups excluding carboxylic acids is 1. The van der Waals surface area contributed by atoms with Crippen molar-refractivity contribution < 1.29 is 9.53 Å². The van der Waals surface area contributed by atoms with Crippen molar-refractivity contribution in [1.82, 2.24) is 9.88 Å². The number of rotatable bonds is 2. The number of carbonyl (C=O) groups is 1. The maximum atomic E-state index is 12.5. The lowest BCUT2D eigenvalue weighted by Gasteiger charge is -2.35. The maximum absolute atomic E-state index is 12.5. The molecule has 1 aliphatic rings. The summed E-state index contributed by atoms with van der Waals surface area (Å²) in [5, 5.41) is 1.85. The average molecular weight is 355 g/mol. The molecule has 4 nitrogen and oxygen atoms in total. The van der Waals surface area contributed by atoms with Crippen molar-refractivity contribution in [2.45, 2.75) is 19.4 Å². The van der Waals surface area contributed by atoms with Gasteiger partial charge in [0.25, 0.3) is 0 Å². The van der Waals surface area contributed by atoms with Crippen molar-refractivity contribution >= 4 is 28.6 Å². The minimum absolute atomic E-state index is 0.185. The SMILES string of the molecule is CCOC(=O)N1CCc2c([nH]c3ccc(Cl)cc23)C1c1ccccc1. The monoisotopic (exact) mass is 354 g/mol. The fourth-order valence-corrected chi connectivity index (χ4v) is 3.82. The molecule has 0 radical (unpaired) electrons. The van der Waals surface area contributed by atoms with Gasteiger partial charge in [-0.1, -0.05) is 41.9 Å². The first-order valence-electron chi connectivity index (χ1n) is 8.47. The van der Waals surface area contributed by atoms with Gasteiger partial charge in [0.2, 0.25) is 0 Å². The molecule has 1 N–H and O–H groups in total. The highest BCUT2D eigenvalue weighted by molar-refractivity contribution is 6.31. The number of halogens is 1. The molecule has 1 atom stereocenters. The number of benzene rings is 2. The summed E-state index contributed by atoms with van der Waals surface area (Å²) in [5.41, 5.74) is 4.38. The number of nitrogens with one attached hydrogen (secondary N) is 1. The molecule has 0 aliphatic carbocycles. The van der Waals surface area contributed by atoms with Crippen LogP contribution in [0.5, 0.6) is 0 Å². The number of aromatic amines is 1. The first kappa shape index (κ1) is 16.0. The Balaban J connectivity index is 1.88. The Hall–Kier alpha value is -2.46. The van der Waals surface area contributed by atoms with Crippen LogP contribution in [-0.2, 0) is 11.2 Å². The molecule has 128 valence electrons. The molecular weight excluding hydrogens is 336 g/mol. The van der Waals surface area contributed by atoms with E-state index in [0.717, 1.165) is 33.6 Å². The van der Waals surface area contributed by atoms with Gasteiger partial charge in [0.1, 0.15) is 6.04 Å². The molecule has 5 heteroatoms. The van der Waals surface area contributed by atoms with Gasteiger partial charge in [0, 0.05) is 28.2 Å². The second kappa shape index (κ2) is 6.45. The zero-order valence-corrected chi connectivity index (χ0v) is 14.7. The van der Waals surface area contributed by atoms with Crippen molar-refractivity contribution in [1.29, 1.82) is 0 Å². The highest BCUT2D eigenvalue weighted by Gasteiger charge is 2.35. The summed E-state index contributed by atoms with van der Waals surface area (Å²) in [7, 11) is 0. The largest absolute Gasteiger partial charge is 0.450 e. The Morgan fingerprint density at radius 2 is 2.08 bits per heavy atom. The molecule has 2 heterocycles. The molecule has 4 rings (SSSR count). The molecule has 1 aromatic heterocycles. The Morgan fingerprint density at radius 3 is 2.84 bits per heavy atom. The van der Waals surface area contributed by atoms with E-state index in [-0.39, 0.29) is 12.1 Å². The number of H-pyrrole nitrogens is 1. The number of fused-ring (bicyclic) bond motifs is 3. The van der Waals surface area contributed by atoms with E-state index in [9.17, 15) is 4.79 Å². The van der Waals surface area contributed by atoms with Gasteiger partial charge in [0.15, 0.2) is 0 Å². The third-order valence-electron chi connectivity index (χ3n) is 4.71. The first-order valence-corrected chi connectivity index (χ1v) is 8.85. The van der Waals surface area contributed by atoms with Gasteiger partial charge in [-0.2, -0.15) is 0 Å². The minimum atomic E-state index is -0.279. The standard InChI is InChI=1S/C20H19ClN2O2/c1-2-25-20(24)23-11-10-15-16-12-14(21)8-9-17(16)22-18(15)19(23)13-6-4-3-5-7-13/h3-9,12,19,22H,2,10-11H2,1H3. The average Bonchev–Trinajstić information content (AvgIpc) is 2.99. The molecule has 1 amide bonds. The fraction of sp³-hybridized carbons (Fsp3) is 0.250. The smallest absolute Gasteiger partial charge is 0.410 e. The summed E-state index contributed by atoms with van der Waals surface area (Å²) in [4.78, 5) is 17.8. The van der Waals surface area contributed by atoms with Crippen LogP contribution in [0.2, 0.25) is 5.02 Å². The highest BCUT2D eigenvalue weighted by Crippen LogP contribution is 2.39. The van der Waals surface area contributed by atoms with E-state index in [0.29, 0.717) is 13.2 Å². The first-order chi connectivity index (χ1) is 12.2. The van der Waals surface area contributed by atoms with E-state index in [1.54, 1.807) is 4.90 Å². The van der Waals surface area contributed by atoms with Crippen LogP contribution in [-0.4, -0.2) is 29.1 Å². The molecule has 0 spiro atoms. The molecule has 0 bridgehead atoms. The van der Waals surface area contributed by atoms with Crippen LogP contribution in [0.15, 0.2) is 48.5 Å². The van der Waals surface area contributed by atoms with Gasteiger partial charge in [-0.05, 0) is 42.7 Å². The van der Waals surface area contributed by atoms with Gasteiger partial charge < -0.3 is 9.72 Å². The van der Waals surface area contributed by atoms with Crippen LogP contribution in [0.1, 0.15) is 29.8 Å². The molecule has 1 aliphatic heterocycles. The van der Waals surface area contributed by atoms with E-state index < -0.39 is 0 Å². The fourth-order valence-electron chi connectivity index (χ4n) is 3.65. The predicted octanol–water partition coefficient (Wildman–Crippen LogP) is 4.93. The van der Waals surface area contributed by atoms with E-state index in [1.807, 2.05) is 55.5 Å². The lowest BCUT2D eigenvalue weighted by molar-refractivity contribution is 0.0932. The molecule has 2 aromatic carbocycles. The molecule has 25 heavy (non-hydrogen) atoms. The van der Waals surface area contributed by atoms with E-state index in [4.69, 9.17) is 16.3 Å². The lowest BCUT2D eigenvalue weighted by atomic mass is 9.93. The third kappa shape index (κ3) is 2.76. The molecule has 0 saturated heterocycles. The Bertz CT molecular complexity index is 920. The number of hydrogen-bond donors (Lipinski definition) is 1. The van der Waals surface area contributed by atoms with Crippen LogP contribution in [0.4, 0.5) is 4.79 Å². The van der Waals surface area contributed by atoms with Crippen molar-refractivity contribution in [3.8, 4) is 0 Å². The predicted molar refractivity (Wildman–Crippen MR) is 99.0 cm³/mol. The van der Waals surface area contributed by atoms with Crippen LogP contribution in [0.25, 0.3) is 10.9 Å². The van der Waals surface area contributed by atoms with Crippen LogP contribution < -0.4 is 0 Å². The highest BCUT2D eigenvalue weighted by atomic mass is 35.5. The van der Waals surface area contributed by atoms with Gasteiger partial charge in [-0.25, -0.2) is 4.79 Å². The summed E-state index contributed by atoms with van der Waals surface area (Å²) in [5.74, 6) is 0.